The van der Waals surface area contributed by atoms with Gasteiger partial charge in [-0.1, -0.05) is 12.1 Å². The van der Waals surface area contributed by atoms with Crippen LogP contribution in [0.25, 0.3) is 0 Å². The molecule has 0 spiro atoms. The molecule has 0 bridgehead atoms. The molecule has 1 aliphatic rings. The summed E-state index contributed by atoms with van der Waals surface area (Å²) in [5.74, 6) is 1.73. The Hall–Kier alpha value is -1.55. The van der Waals surface area contributed by atoms with Gasteiger partial charge < -0.3 is 4.74 Å². The highest BCUT2D eigenvalue weighted by atomic mass is 32.2. The lowest BCUT2D eigenvalue weighted by atomic mass is 10.00. The summed E-state index contributed by atoms with van der Waals surface area (Å²) in [7, 11) is 1.67. The van der Waals surface area contributed by atoms with E-state index in [0.29, 0.717) is 18.5 Å². The molecule has 0 saturated heterocycles. The molecule has 0 atom stereocenters. The molecular weight excluding hydrogens is 297 g/mol. The van der Waals surface area contributed by atoms with Crippen molar-refractivity contribution in [3.05, 3.63) is 53.9 Å². The van der Waals surface area contributed by atoms with Crippen molar-refractivity contribution in [3.63, 3.8) is 0 Å². The number of thioether (sulfide) groups is 1. The van der Waals surface area contributed by atoms with E-state index >= 15 is 0 Å². The minimum absolute atomic E-state index is 0.596. The number of nitrogens with zero attached hydrogens (tertiary/aromatic N) is 1. The maximum absolute atomic E-state index is 14.6. The highest BCUT2D eigenvalue weighted by Crippen LogP contribution is 2.41. The summed E-state index contributed by atoms with van der Waals surface area (Å²) in [5.41, 5.74) is 0.630. The summed E-state index contributed by atoms with van der Waals surface area (Å²) in [6.45, 7) is 0. The van der Waals surface area contributed by atoms with Crippen LogP contribution in [0.5, 0.6) is 5.75 Å². The molecule has 0 aliphatic heterocycles. The van der Waals surface area contributed by atoms with Crippen LogP contribution in [0.3, 0.4) is 0 Å². The standard InChI is InChI=1S/C18H20FNOS/c1-21-15-6-4-14(5-7-15)13-22-16-8-9-17(20-12-16)18(19)10-2-3-11-18/h4-9,12H,2-3,10-11,13H2,1H3. The van der Waals surface area contributed by atoms with Crippen molar-refractivity contribution in [2.75, 3.05) is 7.11 Å². The van der Waals surface area contributed by atoms with Crippen molar-refractivity contribution in [3.8, 4) is 5.75 Å². The molecule has 2 aromatic rings. The van der Waals surface area contributed by atoms with Crippen LogP contribution in [-0.4, -0.2) is 12.1 Å². The topological polar surface area (TPSA) is 22.1 Å². The number of halogens is 1. The van der Waals surface area contributed by atoms with E-state index in [1.165, 1.54) is 5.56 Å². The van der Waals surface area contributed by atoms with Crippen molar-refractivity contribution in [2.24, 2.45) is 0 Å². The second kappa shape index (κ2) is 6.69. The molecule has 0 radical (unpaired) electrons. The predicted octanol–water partition coefficient (Wildman–Crippen LogP) is 5.12. The van der Waals surface area contributed by atoms with Gasteiger partial charge in [0.1, 0.15) is 5.75 Å². The number of methoxy groups -OCH3 is 1. The van der Waals surface area contributed by atoms with Crippen molar-refractivity contribution in [2.45, 2.75) is 42.0 Å². The average molecular weight is 317 g/mol. The molecular formula is C18H20FNOS. The van der Waals surface area contributed by atoms with Gasteiger partial charge in [-0.2, -0.15) is 0 Å². The third-order valence-corrected chi connectivity index (χ3v) is 5.21. The predicted molar refractivity (Wildman–Crippen MR) is 88.0 cm³/mol. The van der Waals surface area contributed by atoms with Gasteiger partial charge in [0.2, 0.25) is 0 Å². The summed E-state index contributed by atoms with van der Waals surface area (Å²) >= 11 is 1.71. The quantitative estimate of drug-likeness (QED) is 0.714. The van der Waals surface area contributed by atoms with Gasteiger partial charge >= 0.3 is 0 Å². The van der Waals surface area contributed by atoms with E-state index in [1.54, 1.807) is 25.1 Å². The zero-order valence-corrected chi connectivity index (χ0v) is 13.5. The normalized spacial score (nSPS) is 16.6. The number of hydrogen-bond donors (Lipinski definition) is 0. The maximum Gasteiger partial charge on any atom is 0.152 e. The molecule has 2 nitrogen and oxygen atoms in total. The molecule has 1 aromatic carbocycles. The zero-order chi connectivity index (χ0) is 15.4. The van der Waals surface area contributed by atoms with E-state index in [4.69, 9.17) is 4.74 Å². The Morgan fingerprint density at radius 2 is 1.86 bits per heavy atom. The Kier molecular flexibility index (Phi) is 4.67. The number of ether oxygens (including phenoxy) is 1. The molecule has 0 unspecified atom stereocenters. The summed E-state index contributed by atoms with van der Waals surface area (Å²) in [4.78, 5) is 5.43. The van der Waals surface area contributed by atoms with Crippen LogP contribution in [0.1, 0.15) is 36.9 Å². The lowest BCUT2D eigenvalue weighted by Crippen LogP contribution is -2.16. The highest BCUT2D eigenvalue weighted by Gasteiger charge is 2.36. The molecule has 1 aliphatic carbocycles. The Balaban J connectivity index is 1.61. The van der Waals surface area contributed by atoms with Crippen molar-refractivity contribution >= 4 is 11.8 Å². The first-order valence-corrected chi connectivity index (χ1v) is 8.59. The first-order valence-electron chi connectivity index (χ1n) is 7.61. The summed E-state index contributed by atoms with van der Waals surface area (Å²) in [6.07, 6.45) is 4.94. The van der Waals surface area contributed by atoms with Crippen LogP contribution < -0.4 is 4.74 Å². The molecule has 1 aromatic heterocycles. The summed E-state index contributed by atoms with van der Waals surface area (Å²) in [5, 5.41) is 0. The largest absolute Gasteiger partial charge is 0.497 e. The lowest BCUT2D eigenvalue weighted by Gasteiger charge is -2.18. The molecule has 116 valence electrons. The number of benzene rings is 1. The molecule has 1 saturated carbocycles. The third kappa shape index (κ3) is 3.43. The van der Waals surface area contributed by atoms with Crippen LogP contribution >= 0.6 is 11.8 Å². The van der Waals surface area contributed by atoms with Crippen molar-refractivity contribution in [1.82, 2.24) is 4.98 Å². The Morgan fingerprint density at radius 1 is 1.14 bits per heavy atom. The molecule has 4 heteroatoms. The van der Waals surface area contributed by atoms with Crippen molar-refractivity contribution < 1.29 is 9.13 Å². The number of hydrogen-bond acceptors (Lipinski definition) is 3. The van der Waals surface area contributed by atoms with Gasteiger partial charge in [0, 0.05) is 16.8 Å². The smallest absolute Gasteiger partial charge is 0.152 e. The van der Waals surface area contributed by atoms with E-state index in [2.05, 4.69) is 17.1 Å². The first-order chi connectivity index (χ1) is 10.7. The van der Waals surface area contributed by atoms with Gasteiger partial charge in [-0.25, -0.2) is 4.39 Å². The van der Waals surface area contributed by atoms with E-state index in [9.17, 15) is 4.39 Å². The van der Waals surface area contributed by atoms with Gasteiger partial charge in [-0.05, 0) is 55.5 Å². The number of alkyl halides is 1. The van der Waals surface area contributed by atoms with Crippen LogP contribution in [0.2, 0.25) is 0 Å². The van der Waals surface area contributed by atoms with Gasteiger partial charge in [0.25, 0.3) is 0 Å². The fourth-order valence-corrected chi connectivity index (χ4v) is 3.63. The number of rotatable bonds is 5. The van der Waals surface area contributed by atoms with E-state index in [1.807, 2.05) is 24.3 Å². The third-order valence-electron chi connectivity index (χ3n) is 4.16. The zero-order valence-electron chi connectivity index (χ0n) is 12.7. The van der Waals surface area contributed by atoms with E-state index in [-0.39, 0.29) is 0 Å². The maximum atomic E-state index is 14.6. The molecule has 3 rings (SSSR count). The van der Waals surface area contributed by atoms with Gasteiger partial charge in [0.15, 0.2) is 5.67 Å². The van der Waals surface area contributed by atoms with Gasteiger partial charge in [-0.3, -0.25) is 4.98 Å². The fourth-order valence-electron chi connectivity index (χ4n) is 2.81. The Labute approximate surface area is 135 Å². The number of aromatic nitrogens is 1. The second-order valence-corrected chi connectivity index (χ2v) is 6.74. The van der Waals surface area contributed by atoms with Crippen LogP contribution in [-0.2, 0) is 11.4 Å². The van der Waals surface area contributed by atoms with Gasteiger partial charge in [0.05, 0.1) is 12.8 Å². The van der Waals surface area contributed by atoms with Crippen molar-refractivity contribution in [1.29, 1.82) is 0 Å². The summed E-state index contributed by atoms with van der Waals surface area (Å²) in [6, 6.07) is 11.9. The van der Waals surface area contributed by atoms with Crippen LogP contribution in [0, 0.1) is 0 Å². The Morgan fingerprint density at radius 3 is 2.45 bits per heavy atom. The molecule has 22 heavy (non-hydrogen) atoms. The molecule has 1 fully saturated rings. The Bertz CT molecular complexity index is 606. The molecule has 0 N–H and O–H groups in total. The second-order valence-electron chi connectivity index (χ2n) is 5.69. The highest BCUT2D eigenvalue weighted by molar-refractivity contribution is 7.98. The summed E-state index contributed by atoms with van der Waals surface area (Å²) < 4.78 is 19.8. The minimum Gasteiger partial charge on any atom is -0.497 e. The monoisotopic (exact) mass is 317 g/mol. The number of pyridine rings is 1. The minimum atomic E-state index is -1.20. The molecule has 0 amide bonds. The lowest BCUT2D eigenvalue weighted by molar-refractivity contribution is 0.168. The van der Waals surface area contributed by atoms with Crippen LogP contribution in [0.4, 0.5) is 4.39 Å². The SMILES string of the molecule is COc1ccc(CSc2ccc(C3(F)CCCC3)nc2)cc1. The van der Waals surface area contributed by atoms with E-state index in [0.717, 1.165) is 29.2 Å². The fraction of sp³-hybridized carbons (Fsp3) is 0.389. The molecule has 1 heterocycles. The first kappa shape index (κ1) is 15.3. The average Bonchev–Trinajstić information content (AvgIpc) is 3.02. The van der Waals surface area contributed by atoms with Crippen LogP contribution in [0.15, 0.2) is 47.5 Å². The van der Waals surface area contributed by atoms with Gasteiger partial charge in [-0.15, -0.1) is 11.8 Å². The van der Waals surface area contributed by atoms with E-state index < -0.39 is 5.67 Å².